The summed E-state index contributed by atoms with van der Waals surface area (Å²) in [5, 5.41) is 0. The molecule has 0 spiro atoms. The summed E-state index contributed by atoms with van der Waals surface area (Å²) in [5.41, 5.74) is 7.00. The van der Waals surface area contributed by atoms with Crippen LogP contribution in [0.3, 0.4) is 0 Å². The number of benzene rings is 1. The van der Waals surface area contributed by atoms with Gasteiger partial charge in [0.25, 0.3) is 0 Å². The zero-order chi connectivity index (χ0) is 12.5. The first kappa shape index (κ1) is 11.7. The van der Waals surface area contributed by atoms with Crippen LogP contribution in [0.15, 0.2) is 30.5 Å². The molecule has 0 bridgehead atoms. The minimum absolute atomic E-state index is 0.175. The van der Waals surface area contributed by atoms with Crippen molar-refractivity contribution in [3.8, 4) is 5.75 Å². The van der Waals surface area contributed by atoms with Gasteiger partial charge >= 0.3 is 0 Å². The van der Waals surface area contributed by atoms with Crippen LogP contribution < -0.4 is 10.5 Å². The summed E-state index contributed by atoms with van der Waals surface area (Å²) < 4.78 is 6.53. The highest BCUT2D eigenvalue weighted by atomic mass is 127. The lowest BCUT2D eigenvalue weighted by Gasteiger charge is -2.24. The fraction of sp³-hybridized carbons (Fsp3) is 0.231. The van der Waals surface area contributed by atoms with Gasteiger partial charge in [0, 0.05) is 11.8 Å². The average molecular weight is 353 g/mol. The monoisotopic (exact) mass is 353 g/mol. The standard InChI is InChI=1S/C13H12IN3O/c14-10-7-16-13(17-12(10)15)9-5-6-18-11-4-2-1-3-8(9)11/h1-4,7,9H,5-6H2,(H2,15,16,17). The number of nitrogens with two attached hydrogens (primary N) is 1. The summed E-state index contributed by atoms with van der Waals surface area (Å²) in [6.07, 6.45) is 2.66. The van der Waals surface area contributed by atoms with Crippen molar-refractivity contribution in [1.82, 2.24) is 9.97 Å². The topological polar surface area (TPSA) is 61.0 Å². The summed E-state index contributed by atoms with van der Waals surface area (Å²) in [4.78, 5) is 8.81. The normalized spacial score (nSPS) is 17.9. The van der Waals surface area contributed by atoms with E-state index in [0.29, 0.717) is 12.4 Å². The fourth-order valence-corrected chi connectivity index (χ4v) is 2.43. The lowest BCUT2D eigenvalue weighted by atomic mass is 9.92. The molecule has 2 aromatic rings. The molecule has 1 aliphatic rings. The highest BCUT2D eigenvalue weighted by molar-refractivity contribution is 14.1. The Bertz CT molecular complexity index is 588. The zero-order valence-electron chi connectivity index (χ0n) is 9.64. The van der Waals surface area contributed by atoms with Crippen LogP contribution in [0, 0.1) is 3.57 Å². The molecule has 1 aromatic carbocycles. The second kappa shape index (κ2) is 4.72. The van der Waals surface area contributed by atoms with Crippen molar-refractivity contribution in [2.24, 2.45) is 0 Å². The van der Waals surface area contributed by atoms with Gasteiger partial charge in [-0.3, -0.25) is 0 Å². The van der Waals surface area contributed by atoms with Gasteiger partial charge in [-0.1, -0.05) is 18.2 Å². The van der Waals surface area contributed by atoms with Crippen LogP contribution in [-0.2, 0) is 0 Å². The third-order valence-electron chi connectivity index (χ3n) is 3.06. The van der Waals surface area contributed by atoms with Crippen LogP contribution in [0.2, 0.25) is 0 Å². The van der Waals surface area contributed by atoms with Crippen molar-refractivity contribution in [2.45, 2.75) is 12.3 Å². The number of hydrogen-bond acceptors (Lipinski definition) is 4. The first-order valence-electron chi connectivity index (χ1n) is 5.75. The first-order valence-corrected chi connectivity index (χ1v) is 6.83. The average Bonchev–Trinajstić information content (AvgIpc) is 2.41. The highest BCUT2D eigenvalue weighted by Crippen LogP contribution is 2.36. The highest BCUT2D eigenvalue weighted by Gasteiger charge is 2.25. The summed E-state index contributed by atoms with van der Waals surface area (Å²) in [6, 6.07) is 8.04. The number of ether oxygens (including phenoxy) is 1. The quantitative estimate of drug-likeness (QED) is 0.801. The van der Waals surface area contributed by atoms with E-state index >= 15 is 0 Å². The number of nitrogen functional groups attached to an aromatic ring is 1. The van der Waals surface area contributed by atoms with Crippen molar-refractivity contribution >= 4 is 28.4 Å². The third kappa shape index (κ3) is 2.03. The minimum atomic E-state index is 0.175. The summed E-state index contributed by atoms with van der Waals surface area (Å²) in [7, 11) is 0. The fourth-order valence-electron chi connectivity index (χ4n) is 2.17. The van der Waals surface area contributed by atoms with Gasteiger partial charge in [-0.05, 0) is 35.1 Å². The molecule has 0 aliphatic carbocycles. The van der Waals surface area contributed by atoms with Gasteiger partial charge in [0.15, 0.2) is 0 Å². The number of para-hydroxylation sites is 1. The Morgan fingerprint density at radius 3 is 3.00 bits per heavy atom. The molecule has 0 fully saturated rings. The van der Waals surface area contributed by atoms with Crippen LogP contribution in [0.4, 0.5) is 5.82 Å². The Balaban J connectivity index is 2.05. The molecule has 1 aliphatic heterocycles. The molecule has 2 heterocycles. The van der Waals surface area contributed by atoms with E-state index in [1.807, 2.05) is 18.2 Å². The van der Waals surface area contributed by atoms with Crippen molar-refractivity contribution < 1.29 is 4.74 Å². The van der Waals surface area contributed by atoms with E-state index in [9.17, 15) is 0 Å². The van der Waals surface area contributed by atoms with E-state index in [-0.39, 0.29) is 5.92 Å². The van der Waals surface area contributed by atoms with E-state index in [4.69, 9.17) is 10.5 Å². The van der Waals surface area contributed by atoms with Gasteiger partial charge in [0.2, 0.25) is 0 Å². The Labute approximate surface area is 119 Å². The van der Waals surface area contributed by atoms with Crippen molar-refractivity contribution in [3.63, 3.8) is 0 Å². The molecule has 0 amide bonds. The lowest BCUT2D eigenvalue weighted by molar-refractivity contribution is 0.274. The Hall–Kier alpha value is -1.37. The van der Waals surface area contributed by atoms with E-state index < -0.39 is 0 Å². The number of fused-ring (bicyclic) bond motifs is 1. The predicted molar refractivity (Wildman–Crippen MR) is 77.6 cm³/mol. The molecule has 0 saturated heterocycles. The van der Waals surface area contributed by atoms with Crippen LogP contribution >= 0.6 is 22.6 Å². The van der Waals surface area contributed by atoms with Crippen LogP contribution in [0.25, 0.3) is 0 Å². The molecule has 3 rings (SSSR count). The van der Waals surface area contributed by atoms with Gasteiger partial charge in [0.05, 0.1) is 16.1 Å². The molecule has 92 valence electrons. The van der Waals surface area contributed by atoms with Gasteiger partial charge in [0.1, 0.15) is 17.4 Å². The Kier molecular flexibility index (Phi) is 3.07. The summed E-state index contributed by atoms with van der Waals surface area (Å²) in [6.45, 7) is 0.691. The number of nitrogens with zero attached hydrogens (tertiary/aromatic N) is 2. The van der Waals surface area contributed by atoms with Gasteiger partial charge in [-0.15, -0.1) is 0 Å². The van der Waals surface area contributed by atoms with Crippen LogP contribution in [-0.4, -0.2) is 16.6 Å². The van der Waals surface area contributed by atoms with Gasteiger partial charge < -0.3 is 10.5 Å². The van der Waals surface area contributed by atoms with Crippen molar-refractivity contribution in [3.05, 3.63) is 45.4 Å². The number of anilines is 1. The molecule has 4 nitrogen and oxygen atoms in total. The predicted octanol–water partition coefficient (Wildman–Crippen LogP) is 2.58. The molecule has 1 aromatic heterocycles. The molecule has 1 unspecified atom stereocenters. The van der Waals surface area contributed by atoms with Gasteiger partial charge in [-0.2, -0.15) is 0 Å². The van der Waals surface area contributed by atoms with Crippen LogP contribution in [0.5, 0.6) is 5.75 Å². The second-order valence-corrected chi connectivity index (χ2v) is 5.35. The maximum absolute atomic E-state index is 5.86. The molecule has 18 heavy (non-hydrogen) atoms. The molecular weight excluding hydrogens is 341 g/mol. The molecule has 2 N–H and O–H groups in total. The van der Waals surface area contributed by atoms with Crippen molar-refractivity contribution in [2.75, 3.05) is 12.3 Å². The number of halogens is 1. The van der Waals surface area contributed by atoms with E-state index in [1.165, 1.54) is 0 Å². The molecule has 0 radical (unpaired) electrons. The Morgan fingerprint density at radius 2 is 2.17 bits per heavy atom. The maximum atomic E-state index is 5.86. The second-order valence-electron chi connectivity index (χ2n) is 4.19. The molecular formula is C13H12IN3O. The number of rotatable bonds is 1. The van der Waals surface area contributed by atoms with Crippen LogP contribution in [0.1, 0.15) is 23.7 Å². The molecule has 1 atom stereocenters. The van der Waals surface area contributed by atoms with Gasteiger partial charge in [-0.25, -0.2) is 9.97 Å². The van der Waals surface area contributed by atoms with E-state index in [1.54, 1.807) is 6.20 Å². The first-order chi connectivity index (χ1) is 8.75. The summed E-state index contributed by atoms with van der Waals surface area (Å²) in [5.74, 6) is 2.43. The maximum Gasteiger partial charge on any atom is 0.140 e. The smallest absolute Gasteiger partial charge is 0.140 e. The summed E-state index contributed by atoms with van der Waals surface area (Å²) >= 11 is 2.14. The molecule has 5 heteroatoms. The van der Waals surface area contributed by atoms with E-state index in [0.717, 1.165) is 27.1 Å². The van der Waals surface area contributed by atoms with E-state index in [2.05, 4.69) is 38.6 Å². The lowest BCUT2D eigenvalue weighted by Crippen LogP contribution is -2.17. The van der Waals surface area contributed by atoms with Crippen molar-refractivity contribution in [1.29, 1.82) is 0 Å². The number of aromatic nitrogens is 2. The minimum Gasteiger partial charge on any atom is -0.493 e. The SMILES string of the molecule is Nc1nc(C2CCOc3ccccc32)ncc1I. The molecule has 0 saturated carbocycles. The Morgan fingerprint density at radius 1 is 1.33 bits per heavy atom. The zero-order valence-corrected chi connectivity index (χ0v) is 11.8. The third-order valence-corrected chi connectivity index (χ3v) is 3.89. The number of hydrogen-bond donors (Lipinski definition) is 1. The largest absolute Gasteiger partial charge is 0.493 e.